The molecule has 0 radical (unpaired) electrons. The number of hydrogen-bond acceptors (Lipinski definition) is 2. The summed E-state index contributed by atoms with van der Waals surface area (Å²) in [6.07, 6.45) is 4.79. The van der Waals surface area contributed by atoms with Gasteiger partial charge >= 0.3 is 0 Å². The normalized spacial score (nSPS) is 12.4. The number of benzene rings is 2. The van der Waals surface area contributed by atoms with Crippen LogP contribution in [0.15, 0.2) is 55.1 Å². The molecular formula is C19H20N2O. The molecule has 0 saturated heterocycles. The van der Waals surface area contributed by atoms with Crippen molar-refractivity contribution in [2.75, 3.05) is 0 Å². The van der Waals surface area contributed by atoms with Crippen molar-refractivity contribution in [2.24, 2.45) is 0 Å². The Bertz CT molecular complexity index is 771. The minimum absolute atomic E-state index is 0.623. The average Bonchev–Trinajstić information content (AvgIpc) is 3.00. The summed E-state index contributed by atoms with van der Waals surface area (Å²) in [5, 5.41) is 10.8. The maximum atomic E-state index is 10.8. The highest BCUT2D eigenvalue weighted by molar-refractivity contribution is 5.45. The first-order chi connectivity index (χ1) is 10.5. The van der Waals surface area contributed by atoms with E-state index in [1.54, 1.807) is 12.5 Å². The van der Waals surface area contributed by atoms with Crippen molar-refractivity contribution in [1.82, 2.24) is 9.55 Å². The molecule has 3 nitrogen and oxygen atoms in total. The summed E-state index contributed by atoms with van der Waals surface area (Å²) in [5.41, 5.74) is 6.27. The molecule has 1 unspecified atom stereocenters. The molecule has 1 aromatic heterocycles. The molecule has 0 aliphatic heterocycles. The third-order valence-electron chi connectivity index (χ3n) is 3.92. The van der Waals surface area contributed by atoms with E-state index >= 15 is 0 Å². The molecule has 0 bridgehead atoms. The van der Waals surface area contributed by atoms with Gasteiger partial charge in [-0.1, -0.05) is 35.4 Å². The zero-order chi connectivity index (χ0) is 15.7. The number of aliphatic hydroxyl groups excluding tert-OH is 1. The molecule has 0 aliphatic carbocycles. The maximum absolute atomic E-state index is 10.8. The third-order valence-corrected chi connectivity index (χ3v) is 3.92. The van der Waals surface area contributed by atoms with Gasteiger partial charge in [0.05, 0.1) is 6.33 Å². The van der Waals surface area contributed by atoms with Crippen molar-refractivity contribution in [2.45, 2.75) is 26.9 Å². The van der Waals surface area contributed by atoms with Gasteiger partial charge in [0.15, 0.2) is 0 Å². The van der Waals surface area contributed by atoms with E-state index in [0.717, 1.165) is 33.5 Å². The van der Waals surface area contributed by atoms with E-state index < -0.39 is 6.10 Å². The molecule has 0 spiro atoms. The Morgan fingerprint density at radius 1 is 1.00 bits per heavy atom. The van der Waals surface area contributed by atoms with Gasteiger partial charge in [-0.2, -0.15) is 0 Å². The molecule has 3 rings (SSSR count). The van der Waals surface area contributed by atoms with Gasteiger partial charge in [-0.25, -0.2) is 4.98 Å². The van der Waals surface area contributed by atoms with Gasteiger partial charge in [-0.15, -0.1) is 0 Å². The monoisotopic (exact) mass is 292 g/mol. The lowest BCUT2D eigenvalue weighted by Gasteiger charge is -2.17. The minimum atomic E-state index is -0.623. The molecule has 1 heterocycles. The molecule has 112 valence electrons. The molecule has 3 heteroatoms. The number of aliphatic hydroxyl groups is 1. The highest BCUT2D eigenvalue weighted by Gasteiger charge is 2.14. The van der Waals surface area contributed by atoms with Gasteiger partial charge in [0, 0.05) is 18.1 Å². The first-order valence-electron chi connectivity index (χ1n) is 7.40. The van der Waals surface area contributed by atoms with Crippen LogP contribution in [0.25, 0.3) is 5.69 Å². The molecule has 0 fully saturated rings. The lowest BCUT2D eigenvalue weighted by Crippen LogP contribution is -2.04. The van der Waals surface area contributed by atoms with E-state index in [0.29, 0.717) is 0 Å². The smallest absolute Gasteiger partial charge is 0.104 e. The quantitative estimate of drug-likeness (QED) is 0.795. The first-order valence-corrected chi connectivity index (χ1v) is 7.40. The van der Waals surface area contributed by atoms with Crippen molar-refractivity contribution in [3.05, 3.63) is 82.9 Å². The highest BCUT2D eigenvalue weighted by atomic mass is 16.3. The van der Waals surface area contributed by atoms with E-state index in [1.165, 1.54) is 0 Å². The van der Waals surface area contributed by atoms with E-state index in [2.05, 4.69) is 24.9 Å². The Kier molecular flexibility index (Phi) is 3.82. The summed E-state index contributed by atoms with van der Waals surface area (Å²) in [4.78, 5) is 4.08. The number of imidazole rings is 1. The molecule has 1 N–H and O–H groups in total. The third kappa shape index (κ3) is 2.81. The Hall–Kier alpha value is -2.39. The molecule has 0 saturated carbocycles. The van der Waals surface area contributed by atoms with Crippen LogP contribution in [0.2, 0.25) is 0 Å². The fourth-order valence-corrected chi connectivity index (χ4v) is 2.84. The highest BCUT2D eigenvalue weighted by Crippen LogP contribution is 2.28. The van der Waals surface area contributed by atoms with Crippen LogP contribution in [0.4, 0.5) is 0 Å². The van der Waals surface area contributed by atoms with Gasteiger partial charge in [0.25, 0.3) is 0 Å². The minimum Gasteiger partial charge on any atom is -0.384 e. The van der Waals surface area contributed by atoms with Crippen LogP contribution in [0.1, 0.15) is 33.9 Å². The van der Waals surface area contributed by atoms with Crippen LogP contribution in [0.5, 0.6) is 0 Å². The predicted octanol–water partition coefficient (Wildman–Crippen LogP) is 3.88. The Labute approximate surface area is 130 Å². The predicted molar refractivity (Wildman–Crippen MR) is 88.3 cm³/mol. The van der Waals surface area contributed by atoms with Crippen molar-refractivity contribution in [1.29, 1.82) is 0 Å². The molecule has 22 heavy (non-hydrogen) atoms. The summed E-state index contributed by atoms with van der Waals surface area (Å²) in [6.45, 7) is 6.13. The van der Waals surface area contributed by atoms with Crippen LogP contribution < -0.4 is 0 Å². The Morgan fingerprint density at radius 3 is 2.36 bits per heavy atom. The average molecular weight is 292 g/mol. The van der Waals surface area contributed by atoms with E-state index in [9.17, 15) is 5.11 Å². The first kappa shape index (κ1) is 14.5. The van der Waals surface area contributed by atoms with Crippen LogP contribution in [0, 0.1) is 20.8 Å². The van der Waals surface area contributed by atoms with Crippen LogP contribution in [-0.2, 0) is 0 Å². The van der Waals surface area contributed by atoms with Gasteiger partial charge < -0.3 is 9.67 Å². The standard InChI is InChI=1S/C19H20N2O/c1-13-8-14(2)10-16(9-13)19(22)18-11-17(5-4-15(18)3)21-7-6-20-12-21/h4-12,19,22H,1-3H3. The number of rotatable bonds is 3. The SMILES string of the molecule is Cc1cc(C)cc(C(O)c2cc(-n3ccnc3)ccc2C)c1. The summed E-state index contributed by atoms with van der Waals surface area (Å²) in [5.74, 6) is 0. The van der Waals surface area contributed by atoms with Crippen LogP contribution >= 0.6 is 0 Å². The van der Waals surface area contributed by atoms with Gasteiger partial charge in [-0.05, 0) is 49.6 Å². The van der Waals surface area contributed by atoms with Crippen molar-refractivity contribution in [3.63, 3.8) is 0 Å². The second-order valence-corrected chi connectivity index (χ2v) is 5.83. The fourth-order valence-electron chi connectivity index (χ4n) is 2.84. The van der Waals surface area contributed by atoms with Gasteiger partial charge in [0.1, 0.15) is 6.10 Å². The maximum Gasteiger partial charge on any atom is 0.104 e. The van der Waals surface area contributed by atoms with Crippen molar-refractivity contribution >= 4 is 0 Å². The Morgan fingerprint density at radius 2 is 1.73 bits per heavy atom. The number of aromatic nitrogens is 2. The summed E-state index contributed by atoms with van der Waals surface area (Å²) < 4.78 is 1.94. The zero-order valence-electron chi connectivity index (χ0n) is 13.1. The molecular weight excluding hydrogens is 272 g/mol. The van der Waals surface area contributed by atoms with E-state index in [4.69, 9.17) is 0 Å². The molecule has 2 aromatic carbocycles. The lowest BCUT2D eigenvalue weighted by atomic mass is 9.94. The Balaban J connectivity index is 2.05. The largest absolute Gasteiger partial charge is 0.384 e. The molecule has 3 aromatic rings. The molecule has 0 amide bonds. The fraction of sp³-hybridized carbons (Fsp3) is 0.211. The summed E-state index contributed by atoms with van der Waals surface area (Å²) in [7, 11) is 0. The lowest BCUT2D eigenvalue weighted by molar-refractivity contribution is 0.219. The number of nitrogens with zero attached hydrogens (tertiary/aromatic N) is 2. The van der Waals surface area contributed by atoms with Crippen molar-refractivity contribution < 1.29 is 5.11 Å². The number of aryl methyl sites for hydroxylation is 3. The van der Waals surface area contributed by atoms with E-state index in [1.807, 2.05) is 48.0 Å². The topological polar surface area (TPSA) is 38.0 Å². The van der Waals surface area contributed by atoms with E-state index in [-0.39, 0.29) is 0 Å². The number of hydrogen-bond donors (Lipinski definition) is 1. The van der Waals surface area contributed by atoms with Gasteiger partial charge in [-0.3, -0.25) is 0 Å². The molecule has 1 atom stereocenters. The van der Waals surface area contributed by atoms with Crippen LogP contribution in [-0.4, -0.2) is 14.7 Å². The second-order valence-electron chi connectivity index (χ2n) is 5.83. The summed E-state index contributed by atoms with van der Waals surface area (Å²) in [6, 6.07) is 12.3. The summed E-state index contributed by atoms with van der Waals surface area (Å²) >= 11 is 0. The van der Waals surface area contributed by atoms with Crippen molar-refractivity contribution in [3.8, 4) is 5.69 Å². The molecule has 0 aliphatic rings. The second kappa shape index (κ2) is 5.78. The van der Waals surface area contributed by atoms with Crippen LogP contribution in [0.3, 0.4) is 0 Å². The van der Waals surface area contributed by atoms with Gasteiger partial charge in [0.2, 0.25) is 0 Å². The zero-order valence-corrected chi connectivity index (χ0v) is 13.1.